The van der Waals surface area contributed by atoms with Gasteiger partial charge in [-0.3, -0.25) is 4.79 Å². The maximum absolute atomic E-state index is 14.3. The molecule has 0 unspecified atom stereocenters. The molecule has 0 spiro atoms. The number of aryl methyl sites for hydroxylation is 1. The van der Waals surface area contributed by atoms with Gasteiger partial charge in [-0.05, 0) is 76.4 Å². The van der Waals surface area contributed by atoms with Crippen LogP contribution in [0.5, 0.6) is 0 Å². The van der Waals surface area contributed by atoms with Crippen molar-refractivity contribution >= 4 is 39.2 Å². The second-order valence-corrected chi connectivity index (χ2v) is 7.67. The fraction of sp³-hybridized carbons (Fsp3) is 0.0909. The molecule has 0 bridgehead atoms. The zero-order chi connectivity index (χ0) is 23.4. The molecule has 0 aromatic heterocycles. The quantitative estimate of drug-likeness (QED) is 0.375. The standard InChI is InChI=1S/C22H16BrF4N3O2/c1-11-4-15(2-3-18(11)26)29-21(31)16-8-20(19(27)9-17(16)23)30-22(32)28-10-12-5-13(24)7-14(25)6-12/h2-9H,10H2,1H3,(H,29,31)(H2,28,30,32). The van der Waals surface area contributed by atoms with E-state index in [0.29, 0.717) is 17.3 Å². The van der Waals surface area contributed by atoms with Crippen molar-refractivity contribution in [1.29, 1.82) is 0 Å². The summed E-state index contributed by atoms with van der Waals surface area (Å²) in [6, 6.07) is 8.07. The van der Waals surface area contributed by atoms with Gasteiger partial charge in [0.25, 0.3) is 5.91 Å². The van der Waals surface area contributed by atoms with E-state index in [9.17, 15) is 27.2 Å². The molecule has 166 valence electrons. The number of halogens is 5. The normalized spacial score (nSPS) is 10.6. The molecule has 0 atom stereocenters. The summed E-state index contributed by atoms with van der Waals surface area (Å²) in [6.45, 7) is 1.33. The lowest BCUT2D eigenvalue weighted by atomic mass is 10.1. The SMILES string of the molecule is Cc1cc(NC(=O)c2cc(NC(=O)NCc3cc(F)cc(F)c3)c(F)cc2Br)ccc1F. The van der Waals surface area contributed by atoms with Crippen LogP contribution in [0.2, 0.25) is 0 Å². The molecule has 32 heavy (non-hydrogen) atoms. The predicted octanol–water partition coefficient (Wildman–Crippen LogP) is 5.89. The monoisotopic (exact) mass is 509 g/mol. The highest BCUT2D eigenvalue weighted by atomic mass is 79.9. The van der Waals surface area contributed by atoms with E-state index < -0.39 is 35.2 Å². The fourth-order valence-corrected chi connectivity index (χ4v) is 3.30. The first-order valence-corrected chi connectivity index (χ1v) is 9.98. The summed E-state index contributed by atoms with van der Waals surface area (Å²) < 4.78 is 54.3. The van der Waals surface area contributed by atoms with Gasteiger partial charge in [0.1, 0.15) is 23.3 Å². The van der Waals surface area contributed by atoms with E-state index in [0.717, 1.165) is 24.3 Å². The summed E-state index contributed by atoms with van der Waals surface area (Å²) in [5.74, 6) is -3.47. The van der Waals surface area contributed by atoms with Crippen LogP contribution in [0.4, 0.5) is 33.7 Å². The molecule has 0 radical (unpaired) electrons. The van der Waals surface area contributed by atoms with Gasteiger partial charge in [-0.25, -0.2) is 22.4 Å². The van der Waals surface area contributed by atoms with Crippen molar-refractivity contribution in [1.82, 2.24) is 5.32 Å². The highest BCUT2D eigenvalue weighted by Crippen LogP contribution is 2.26. The summed E-state index contributed by atoms with van der Waals surface area (Å²) in [5.41, 5.74) is 0.550. The number of anilines is 2. The van der Waals surface area contributed by atoms with Crippen molar-refractivity contribution < 1.29 is 27.2 Å². The number of hydrogen-bond acceptors (Lipinski definition) is 2. The first-order chi connectivity index (χ1) is 15.1. The van der Waals surface area contributed by atoms with E-state index in [1.165, 1.54) is 25.1 Å². The van der Waals surface area contributed by atoms with Gasteiger partial charge in [-0.2, -0.15) is 0 Å². The molecule has 3 N–H and O–H groups in total. The lowest BCUT2D eigenvalue weighted by Crippen LogP contribution is -2.29. The summed E-state index contributed by atoms with van der Waals surface area (Å²) in [6.07, 6.45) is 0. The van der Waals surface area contributed by atoms with Crippen LogP contribution in [-0.2, 0) is 6.54 Å². The van der Waals surface area contributed by atoms with Crippen LogP contribution < -0.4 is 16.0 Å². The van der Waals surface area contributed by atoms with Crippen molar-refractivity contribution in [3.8, 4) is 0 Å². The number of nitrogens with one attached hydrogen (secondary N) is 3. The van der Waals surface area contributed by atoms with E-state index in [2.05, 4.69) is 31.9 Å². The van der Waals surface area contributed by atoms with Gasteiger partial charge in [0.2, 0.25) is 0 Å². The number of hydrogen-bond donors (Lipinski definition) is 3. The Morgan fingerprint density at radius 1 is 0.875 bits per heavy atom. The number of rotatable bonds is 5. The van der Waals surface area contributed by atoms with Crippen LogP contribution >= 0.6 is 15.9 Å². The van der Waals surface area contributed by atoms with E-state index in [1.54, 1.807) is 0 Å². The Morgan fingerprint density at radius 2 is 1.56 bits per heavy atom. The van der Waals surface area contributed by atoms with Gasteiger partial charge in [-0.1, -0.05) is 0 Å². The molecule has 0 heterocycles. The molecule has 10 heteroatoms. The smallest absolute Gasteiger partial charge is 0.319 e. The van der Waals surface area contributed by atoms with Crippen LogP contribution in [-0.4, -0.2) is 11.9 Å². The molecule has 3 aromatic rings. The summed E-state index contributed by atoms with van der Waals surface area (Å²) in [5, 5.41) is 7.16. The highest BCUT2D eigenvalue weighted by Gasteiger charge is 2.17. The number of urea groups is 1. The van der Waals surface area contributed by atoms with Crippen molar-refractivity contribution in [2.75, 3.05) is 10.6 Å². The first kappa shape index (κ1) is 23.3. The third-order valence-electron chi connectivity index (χ3n) is 4.34. The molecule has 3 aromatic carbocycles. The van der Waals surface area contributed by atoms with Gasteiger partial charge >= 0.3 is 6.03 Å². The van der Waals surface area contributed by atoms with Gasteiger partial charge in [0.15, 0.2) is 0 Å². The Balaban J connectivity index is 1.71. The third-order valence-corrected chi connectivity index (χ3v) is 5.00. The van der Waals surface area contributed by atoms with Crippen molar-refractivity contribution in [3.05, 3.63) is 93.0 Å². The second kappa shape index (κ2) is 9.82. The van der Waals surface area contributed by atoms with Crippen LogP contribution in [0.15, 0.2) is 53.0 Å². The van der Waals surface area contributed by atoms with Crippen LogP contribution in [0.25, 0.3) is 0 Å². The molecule has 5 nitrogen and oxygen atoms in total. The third kappa shape index (κ3) is 5.85. The number of benzene rings is 3. The summed E-state index contributed by atoms with van der Waals surface area (Å²) in [7, 11) is 0. The van der Waals surface area contributed by atoms with Crippen molar-refractivity contribution in [2.24, 2.45) is 0 Å². The van der Waals surface area contributed by atoms with Crippen LogP contribution in [0.1, 0.15) is 21.5 Å². The zero-order valence-corrected chi connectivity index (χ0v) is 18.1. The summed E-state index contributed by atoms with van der Waals surface area (Å²) >= 11 is 3.10. The molecular weight excluding hydrogens is 494 g/mol. The minimum atomic E-state index is -0.851. The largest absolute Gasteiger partial charge is 0.334 e. The van der Waals surface area contributed by atoms with E-state index in [-0.39, 0.29) is 27.8 Å². The molecule has 0 aliphatic carbocycles. The van der Waals surface area contributed by atoms with E-state index in [4.69, 9.17) is 0 Å². The van der Waals surface area contributed by atoms with Gasteiger partial charge in [0, 0.05) is 22.8 Å². The Kier molecular flexibility index (Phi) is 7.14. The van der Waals surface area contributed by atoms with Gasteiger partial charge in [0.05, 0.1) is 11.3 Å². The Morgan fingerprint density at radius 3 is 2.22 bits per heavy atom. The minimum absolute atomic E-state index is 0.0101. The molecule has 0 aliphatic rings. The summed E-state index contributed by atoms with van der Waals surface area (Å²) in [4.78, 5) is 24.7. The molecule has 0 saturated carbocycles. The first-order valence-electron chi connectivity index (χ1n) is 9.19. The molecule has 0 aliphatic heterocycles. The highest BCUT2D eigenvalue weighted by molar-refractivity contribution is 9.10. The van der Waals surface area contributed by atoms with E-state index >= 15 is 0 Å². The topological polar surface area (TPSA) is 70.2 Å². The van der Waals surface area contributed by atoms with Crippen LogP contribution in [0, 0.1) is 30.2 Å². The fourth-order valence-electron chi connectivity index (χ4n) is 2.80. The second-order valence-electron chi connectivity index (χ2n) is 6.82. The van der Waals surface area contributed by atoms with Crippen molar-refractivity contribution in [2.45, 2.75) is 13.5 Å². The minimum Gasteiger partial charge on any atom is -0.334 e. The average molecular weight is 510 g/mol. The van der Waals surface area contributed by atoms with Crippen molar-refractivity contribution in [3.63, 3.8) is 0 Å². The maximum Gasteiger partial charge on any atom is 0.319 e. The molecule has 3 amide bonds. The predicted molar refractivity (Wildman–Crippen MR) is 115 cm³/mol. The number of amides is 3. The Labute approximate surface area is 189 Å². The number of carbonyl (C=O) groups excluding carboxylic acids is 2. The van der Waals surface area contributed by atoms with Gasteiger partial charge in [-0.15, -0.1) is 0 Å². The van der Waals surface area contributed by atoms with Crippen LogP contribution in [0.3, 0.4) is 0 Å². The maximum atomic E-state index is 14.3. The lowest BCUT2D eigenvalue weighted by molar-refractivity contribution is 0.102. The molecular formula is C22H16BrF4N3O2. The molecule has 0 fully saturated rings. The van der Waals surface area contributed by atoms with E-state index in [1.807, 2.05) is 0 Å². The Bertz CT molecular complexity index is 1180. The molecule has 0 saturated heterocycles. The number of carbonyl (C=O) groups is 2. The Hall–Kier alpha value is -3.40. The average Bonchev–Trinajstić information content (AvgIpc) is 2.70. The molecule has 3 rings (SSSR count). The lowest BCUT2D eigenvalue weighted by Gasteiger charge is -2.12. The van der Waals surface area contributed by atoms with Gasteiger partial charge < -0.3 is 16.0 Å². The zero-order valence-electron chi connectivity index (χ0n) is 16.5.